The van der Waals surface area contributed by atoms with E-state index in [1.165, 1.54) is 4.31 Å². The molecule has 1 amide bonds. The topological polar surface area (TPSA) is 66.5 Å². The number of nitrogens with zero attached hydrogens (tertiary/aromatic N) is 1. The minimum atomic E-state index is -3.47. The average molecular weight is 353 g/mol. The number of sulfonamides is 1. The zero-order valence-corrected chi connectivity index (χ0v) is 15.8. The number of hydrogen-bond donors (Lipinski definition) is 1. The van der Waals surface area contributed by atoms with Gasteiger partial charge in [-0.15, -0.1) is 0 Å². The lowest BCUT2D eigenvalue weighted by atomic mass is 9.94. The Balaban J connectivity index is 1.99. The van der Waals surface area contributed by atoms with Crippen molar-refractivity contribution < 1.29 is 13.2 Å². The first-order valence-electron chi connectivity index (χ1n) is 8.54. The Morgan fingerprint density at radius 3 is 2.25 bits per heavy atom. The highest BCUT2D eigenvalue weighted by molar-refractivity contribution is 7.89. The van der Waals surface area contributed by atoms with E-state index in [1.54, 1.807) is 24.3 Å². The summed E-state index contributed by atoms with van der Waals surface area (Å²) in [5.74, 6) is -0.0745. The molecule has 0 aromatic heterocycles. The van der Waals surface area contributed by atoms with Gasteiger partial charge in [0.25, 0.3) is 0 Å². The molecule has 5 nitrogen and oxygen atoms in total. The minimum absolute atomic E-state index is 0.0363. The fourth-order valence-corrected chi connectivity index (χ4v) is 4.21. The Hall–Kier alpha value is -1.40. The molecule has 1 aromatic rings. The molecule has 2 rings (SSSR count). The number of benzene rings is 1. The van der Waals surface area contributed by atoms with Gasteiger partial charge >= 0.3 is 0 Å². The Kier molecular flexibility index (Phi) is 5.71. The number of rotatable bonds is 5. The molecule has 0 radical (unpaired) electrons. The van der Waals surface area contributed by atoms with Gasteiger partial charge in [-0.25, -0.2) is 8.42 Å². The van der Waals surface area contributed by atoms with E-state index < -0.39 is 10.0 Å². The maximum absolute atomic E-state index is 12.7. The first kappa shape index (κ1) is 18.9. The van der Waals surface area contributed by atoms with E-state index in [-0.39, 0.29) is 17.4 Å². The number of amides is 1. The molecular formula is C18H28N2O3S. The highest BCUT2D eigenvalue weighted by Crippen LogP contribution is 2.25. The zero-order chi connectivity index (χ0) is 18.0. The van der Waals surface area contributed by atoms with Crippen molar-refractivity contribution in [3.63, 3.8) is 0 Å². The van der Waals surface area contributed by atoms with Crippen LogP contribution in [0.15, 0.2) is 29.2 Å². The monoisotopic (exact) mass is 352 g/mol. The minimum Gasteiger partial charge on any atom is -0.351 e. The summed E-state index contributed by atoms with van der Waals surface area (Å²) >= 11 is 0. The van der Waals surface area contributed by atoms with Gasteiger partial charge in [0.1, 0.15) is 0 Å². The second-order valence-corrected chi connectivity index (χ2v) is 9.16. The van der Waals surface area contributed by atoms with Gasteiger partial charge in [0.2, 0.25) is 15.9 Å². The summed E-state index contributed by atoms with van der Waals surface area (Å²) in [6, 6.07) is 6.90. The van der Waals surface area contributed by atoms with Gasteiger partial charge in [-0.2, -0.15) is 4.31 Å². The van der Waals surface area contributed by atoms with E-state index in [4.69, 9.17) is 0 Å². The molecule has 1 aliphatic rings. The molecule has 1 heterocycles. The molecule has 0 unspecified atom stereocenters. The van der Waals surface area contributed by atoms with E-state index in [0.717, 1.165) is 12.0 Å². The molecule has 1 fully saturated rings. The van der Waals surface area contributed by atoms with Gasteiger partial charge in [0, 0.05) is 24.5 Å². The van der Waals surface area contributed by atoms with Crippen molar-refractivity contribution in [2.24, 2.45) is 5.92 Å². The quantitative estimate of drug-likeness (QED) is 0.886. The van der Waals surface area contributed by atoms with Crippen LogP contribution < -0.4 is 5.32 Å². The van der Waals surface area contributed by atoms with Crippen LogP contribution in [0, 0.1) is 12.8 Å². The summed E-state index contributed by atoms with van der Waals surface area (Å²) in [5, 5.41) is 3.06. The van der Waals surface area contributed by atoms with E-state index in [9.17, 15) is 13.2 Å². The van der Waals surface area contributed by atoms with E-state index >= 15 is 0 Å². The van der Waals surface area contributed by atoms with E-state index in [0.29, 0.717) is 30.8 Å². The predicted octanol–water partition coefficient (Wildman–Crippen LogP) is 2.70. The third-order valence-corrected chi connectivity index (χ3v) is 6.74. The Bertz CT molecular complexity index is 673. The molecule has 0 aliphatic carbocycles. The second kappa shape index (κ2) is 7.23. The summed E-state index contributed by atoms with van der Waals surface area (Å²) in [5.41, 5.74) is 0.810. The van der Waals surface area contributed by atoms with Crippen molar-refractivity contribution in [3.8, 4) is 0 Å². The fourth-order valence-electron chi connectivity index (χ4n) is 2.74. The third kappa shape index (κ3) is 4.36. The Labute approximate surface area is 145 Å². The molecule has 1 N–H and O–H groups in total. The van der Waals surface area contributed by atoms with Gasteiger partial charge in [0.15, 0.2) is 0 Å². The molecule has 0 saturated carbocycles. The lowest BCUT2D eigenvalue weighted by Gasteiger charge is -2.33. The van der Waals surface area contributed by atoms with Gasteiger partial charge in [-0.1, -0.05) is 24.6 Å². The van der Waals surface area contributed by atoms with Crippen LogP contribution in [0.1, 0.15) is 45.6 Å². The van der Waals surface area contributed by atoms with Crippen LogP contribution in [-0.2, 0) is 14.8 Å². The van der Waals surface area contributed by atoms with Crippen LogP contribution in [0.2, 0.25) is 0 Å². The zero-order valence-electron chi connectivity index (χ0n) is 15.0. The first-order chi connectivity index (χ1) is 11.2. The number of hydrogen-bond acceptors (Lipinski definition) is 3. The Morgan fingerprint density at radius 2 is 1.75 bits per heavy atom. The average Bonchev–Trinajstić information content (AvgIpc) is 2.55. The maximum Gasteiger partial charge on any atom is 0.243 e. The normalized spacial score (nSPS) is 17.7. The Morgan fingerprint density at radius 1 is 1.21 bits per heavy atom. The number of piperidine rings is 1. The van der Waals surface area contributed by atoms with Crippen LogP contribution >= 0.6 is 0 Å². The van der Waals surface area contributed by atoms with Gasteiger partial charge < -0.3 is 5.32 Å². The van der Waals surface area contributed by atoms with Crippen molar-refractivity contribution in [1.82, 2.24) is 9.62 Å². The lowest BCUT2D eigenvalue weighted by Crippen LogP contribution is -2.48. The summed E-state index contributed by atoms with van der Waals surface area (Å²) in [6.07, 6.45) is 1.99. The van der Waals surface area contributed by atoms with Crippen molar-refractivity contribution in [3.05, 3.63) is 29.8 Å². The first-order valence-corrected chi connectivity index (χ1v) is 9.98. The molecule has 0 spiro atoms. The van der Waals surface area contributed by atoms with Crippen molar-refractivity contribution in [2.75, 3.05) is 13.1 Å². The largest absolute Gasteiger partial charge is 0.351 e. The second-order valence-electron chi connectivity index (χ2n) is 7.22. The maximum atomic E-state index is 12.7. The number of nitrogens with one attached hydrogen (secondary N) is 1. The van der Waals surface area contributed by atoms with Crippen molar-refractivity contribution in [2.45, 2.75) is 57.4 Å². The summed E-state index contributed by atoms with van der Waals surface area (Å²) in [4.78, 5) is 12.7. The van der Waals surface area contributed by atoms with Gasteiger partial charge in [-0.3, -0.25) is 4.79 Å². The SMILES string of the molecule is CCC(C)(C)NC(=O)C1CCN(S(=O)(=O)c2ccc(C)cc2)CC1. The fraction of sp³-hybridized carbons (Fsp3) is 0.611. The molecule has 24 heavy (non-hydrogen) atoms. The lowest BCUT2D eigenvalue weighted by molar-refractivity contribution is -0.127. The molecular weight excluding hydrogens is 324 g/mol. The van der Waals surface area contributed by atoms with Gasteiger partial charge in [-0.05, 0) is 52.2 Å². The standard InChI is InChI=1S/C18H28N2O3S/c1-5-18(3,4)19-17(21)15-10-12-20(13-11-15)24(22,23)16-8-6-14(2)7-9-16/h6-9,15H,5,10-13H2,1-4H3,(H,19,21). The summed E-state index contributed by atoms with van der Waals surface area (Å²) < 4.78 is 26.8. The van der Waals surface area contributed by atoms with Crippen LogP contribution in [-0.4, -0.2) is 37.3 Å². The number of carbonyl (C=O) groups is 1. The number of aryl methyl sites for hydroxylation is 1. The molecule has 0 atom stereocenters. The molecule has 1 aromatic carbocycles. The van der Waals surface area contributed by atoms with Crippen LogP contribution in [0.25, 0.3) is 0 Å². The predicted molar refractivity (Wildman–Crippen MR) is 95.2 cm³/mol. The molecule has 1 saturated heterocycles. The van der Waals surface area contributed by atoms with E-state index in [1.807, 2.05) is 27.7 Å². The molecule has 0 bridgehead atoms. The van der Waals surface area contributed by atoms with Crippen molar-refractivity contribution >= 4 is 15.9 Å². The third-order valence-electron chi connectivity index (χ3n) is 4.83. The van der Waals surface area contributed by atoms with Crippen LogP contribution in [0.3, 0.4) is 0 Å². The molecule has 1 aliphatic heterocycles. The van der Waals surface area contributed by atoms with E-state index in [2.05, 4.69) is 5.32 Å². The molecule has 6 heteroatoms. The highest BCUT2D eigenvalue weighted by atomic mass is 32.2. The van der Waals surface area contributed by atoms with Crippen LogP contribution in [0.5, 0.6) is 0 Å². The highest BCUT2D eigenvalue weighted by Gasteiger charge is 2.33. The van der Waals surface area contributed by atoms with Gasteiger partial charge in [0.05, 0.1) is 4.90 Å². The summed E-state index contributed by atoms with van der Waals surface area (Å²) in [7, 11) is -3.47. The van der Waals surface area contributed by atoms with Crippen molar-refractivity contribution in [1.29, 1.82) is 0 Å². The summed E-state index contributed by atoms with van der Waals surface area (Å²) in [6.45, 7) is 8.75. The molecule has 134 valence electrons. The van der Waals surface area contributed by atoms with Crippen LogP contribution in [0.4, 0.5) is 0 Å². The number of carbonyl (C=O) groups excluding carboxylic acids is 1. The smallest absolute Gasteiger partial charge is 0.243 e.